The first-order valence-electron chi connectivity index (χ1n) is 7.48. The predicted molar refractivity (Wildman–Crippen MR) is 89.7 cm³/mol. The van der Waals surface area contributed by atoms with E-state index < -0.39 is 5.97 Å². The van der Waals surface area contributed by atoms with Crippen molar-refractivity contribution in [2.24, 2.45) is 5.10 Å². The van der Waals surface area contributed by atoms with Gasteiger partial charge in [0.1, 0.15) is 0 Å². The number of esters is 1. The summed E-state index contributed by atoms with van der Waals surface area (Å²) in [5, 5.41) is 11.9. The van der Waals surface area contributed by atoms with E-state index >= 15 is 0 Å². The van der Waals surface area contributed by atoms with Gasteiger partial charge in [-0.15, -0.1) is 10.2 Å². The summed E-state index contributed by atoms with van der Waals surface area (Å²) in [5.74, 6) is 7.22. The third kappa shape index (κ3) is 4.22. The first kappa shape index (κ1) is 17.3. The number of ether oxygens (including phenoxy) is 2. The Labute approximate surface area is 139 Å². The fraction of sp³-hybridized carbons (Fsp3) is 0.333. The van der Waals surface area contributed by atoms with Crippen molar-refractivity contribution in [3.05, 3.63) is 29.6 Å². The van der Waals surface area contributed by atoms with Gasteiger partial charge in [0.05, 0.1) is 12.8 Å². The van der Waals surface area contributed by atoms with Gasteiger partial charge in [-0.05, 0) is 30.7 Å². The summed E-state index contributed by atoms with van der Waals surface area (Å²) in [6.45, 7) is 5.56. The van der Waals surface area contributed by atoms with Crippen LogP contribution in [0.2, 0.25) is 0 Å². The Morgan fingerprint density at radius 1 is 1.38 bits per heavy atom. The molecule has 9 heteroatoms. The van der Waals surface area contributed by atoms with Crippen LogP contribution in [0.25, 0.3) is 0 Å². The number of anilines is 1. The molecule has 0 bridgehead atoms. The van der Waals surface area contributed by atoms with Crippen molar-refractivity contribution in [3.8, 4) is 11.5 Å². The number of nitrogens with two attached hydrogens (primary N) is 1. The van der Waals surface area contributed by atoms with Gasteiger partial charge in [-0.1, -0.05) is 6.92 Å². The average molecular weight is 332 g/mol. The fourth-order valence-electron chi connectivity index (χ4n) is 1.92. The summed E-state index contributed by atoms with van der Waals surface area (Å²) < 4.78 is 11.9. The number of aryl methyl sites for hydroxylation is 1. The normalized spacial score (nSPS) is 10.8. The zero-order valence-corrected chi connectivity index (χ0v) is 13.8. The summed E-state index contributed by atoms with van der Waals surface area (Å²) in [5.41, 5.74) is 3.47. The van der Waals surface area contributed by atoms with Crippen LogP contribution < -0.4 is 20.7 Å². The number of rotatable bonds is 7. The number of hydrogen-bond donors (Lipinski definition) is 2. The van der Waals surface area contributed by atoms with Crippen LogP contribution in [0, 0.1) is 0 Å². The van der Waals surface area contributed by atoms with Crippen LogP contribution in [0.4, 0.5) is 5.95 Å². The molecule has 9 nitrogen and oxygen atoms in total. The molecule has 24 heavy (non-hydrogen) atoms. The minimum absolute atomic E-state index is 0.338. The number of benzene rings is 1. The van der Waals surface area contributed by atoms with E-state index in [4.69, 9.17) is 15.3 Å². The molecule has 0 aliphatic heterocycles. The second-order valence-electron chi connectivity index (χ2n) is 4.77. The lowest BCUT2D eigenvalue weighted by Crippen LogP contribution is -2.14. The Bertz CT molecular complexity index is 741. The molecule has 0 saturated heterocycles. The highest BCUT2D eigenvalue weighted by Crippen LogP contribution is 2.28. The summed E-state index contributed by atoms with van der Waals surface area (Å²) in [4.78, 5) is 11.1. The van der Waals surface area contributed by atoms with Crippen molar-refractivity contribution in [2.45, 2.75) is 27.2 Å². The van der Waals surface area contributed by atoms with Crippen molar-refractivity contribution in [2.75, 3.05) is 17.9 Å². The Hall–Kier alpha value is -3.10. The SMILES string of the molecule is CCOc1cc(/C=N\Nc2nnc(CC)n2N)ccc1OC(C)=O. The van der Waals surface area contributed by atoms with Crippen molar-refractivity contribution in [1.29, 1.82) is 0 Å². The number of nitrogens with zero attached hydrogens (tertiary/aromatic N) is 4. The fourth-order valence-corrected chi connectivity index (χ4v) is 1.92. The number of nitrogens with one attached hydrogen (secondary N) is 1. The molecule has 0 spiro atoms. The zero-order chi connectivity index (χ0) is 17.5. The maximum Gasteiger partial charge on any atom is 0.308 e. The molecule has 0 amide bonds. The Morgan fingerprint density at radius 2 is 2.17 bits per heavy atom. The smallest absolute Gasteiger partial charge is 0.308 e. The lowest BCUT2D eigenvalue weighted by molar-refractivity contribution is -0.132. The summed E-state index contributed by atoms with van der Waals surface area (Å²) >= 11 is 0. The number of nitrogen functional groups attached to an aromatic ring is 1. The number of carbonyl (C=O) groups excluding carboxylic acids is 1. The van der Waals surface area contributed by atoms with Crippen LogP contribution in [0.1, 0.15) is 32.2 Å². The molecule has 0 atom stereocenters. The van der Waals surface area contributed by atoms with Gasteiger partial charge in [0.2, 0.25) is 0 Å². The lowest BCUT2D eigenvalue weighted by Gasteiger charge is -2.10. The zero-order valence-electron chi connectivity index (χ0n) is 13.8. The van der Waals surface area contributed by atoms with E-state index in [1.165, 1.54) is 11.6 Å². The van der Waals surface area contributed by atoms with E-state index in [9.17, 15) is 4.79 Å². The van der Waals surface area contributed by atoms with Crippen LogP contribution in [0.15, 0.2) is 23.3 Å². The molecule has 1 heterocycles. The molecule has 2 rings (SSSR count). The molecule has 3 N–H and O–H groups in total. The lowest BCUT2D eigenvalue weighted by atomic mass is 10.2. The van der Waals surface area contributed by atoms with E-state index in [2.05, 4.69) is 20.7 Å². The maximum atomic E-state index is 11.1. The molecule has 128 valence electrons. The van der Waals surface area contributed by atoms with Gasteiger partial charge in [0.15, 0.2) is 17.3 Å². The molecule has 0 unspecified atom stereocenters. The van der Waals surface area contributed by atoms with Crippen LogP contribution in [-0.4, -0.2) is 33.7 Å². The average Bonchev–Trinajstić information content (AvgIpc) is 2.90. The third-order valence-electron chi connectivity index (χ3n) is 2.98. The number of hydrazone groups is 1. The number of carbonyl (C=O) groups is 1. The quantitative estimate of drug-likeness (QED) is 0.258. The Kier molecular flexibility index (Phi) is 5.72. The second-order valence-corrected chi connectivity index (χ2v) is 4.77. The topological polar surface area (TPSA) is 117 Å². The van der Waals surface area contributed by atoms with Gasteiger partial charge in [-0.2, -0.15) is 5.10 Å². The molecule has 0 saturated carbocycles. The minimum atomic E-state index is -0.409. The highest BCUT2D eigenvalue weighted by molar-refractivity contribution is 5.82. The van der Waals surface area contributed by atoms with Crippen molar-refractivity contribution < 1.29 is 14.3 Å². The molecule has 0 aliphatic rings. The molecular formula is C15H20N6O3. The van der Waals surface area contributed by atoms with Crippen LogP contribution >= 0.6 is 0 Å². The van der Waals surface area contributed by atoms with E-state index in [1.807, 2.05) is 13.8 Å². The van der Waals surface area contributed by atoms with E-state index in [0.29, 0.717) is 36.3 Å². The first-order chi connectivity index (χ1) is 11.5. The highest BCUT2D eigenvalue weighted by atomic mass is 16.6. The van der Waals surface area contributed by atoms with E-state index in [0.717, 1.165) is 5.56 Å². The summed E-state index contributed by atoms with van der Waals surface area (Å²) in [7, 11) is 0. The summed E-state index contributed by atoms with van der Waals surface area (Å²) in [6, 6.07) is 5.11. The molecule has 0 aliphatic carbocycles. The minimum Gasteiger partial charge on any atom is -0.490 e. The van der Waals surface area contributed by atoms with Crippen molar-refractivity contribution in [3.63, 3.8) is 0 Å². The van der Waals surface area contributed by atoms with Gasteiger partial charge < -0.3 is 15.3 Å². The largest absolute Gasteiger partial charge is 0.490 e. The molecular weight excluding hydrogens is 312 g/mol. The summed E-state index contributed by atoms with van der Waals surface area (Å²) in [6.07, 6.45) is 2.24. The van der Waals surface area contributed by atoms with Gasteiger partial charge in [-0.3, -0.25) is 4.79 Å². The van der Waals surface area contributed by atoms with Crippen LogP contribution in [0.5, 0.6) is 11.5 Å². The van der Waals surface area contributed by atoms with Crippen molar-refractivity contribution in [1.82, 2.24) is 14.9 Å². The van der Waals surface area contributed by atoms with Gasteiger partial charge in [0.25, 0.3) is 5.95 Å². The van der Waals surface area contributed by atoms with Gasteiger partial charge >= 0.3 is 5.97 Å². The Balaban J connectivity index is 2.12. The maximum absolute atomic E-state index is 11.1. The molecule has 0 fully saturated rings. The third-order valence-corrected chi connectivity index (χ3v) is 2.98. The molecule has 1 aromatic heterocycles. The van der Waals surface area contributed by atoms with Gasteiger partial charge in [0, 0.05) is 13.3 Å². The predicted octanol–water partition coefficient (Wildman–Crippen LogP) is 1.32. The van der Waals surface area contributed by atoms with E-state index in [1.54, 1.807) is 24.4 Å². The van der Waals surface area contributed by atoms with Crippen LogP contribution in [-0.2, 0) is 11.2 Å². The monoisotopic (exact) mass is 332 g/mol. The Morgan fingerprint density at radius 3 is 2.79 bits per heavy atom. The van der Waals surface area contributed by atoms with Crippen molar-refractivity contribution >= 4 is 18.1 Å². The standard InChI is InChI=1S/C15H20N6O3/c1-4-14-18-20-15(21(14)16)19-17-9-11-6-7-12(24-10(3)22)13(8-11)23-5-2/h6-9H,4-5,16H2,1-3H3,(H,19,20)/b17-9-. The van der Waals surface area contributed by atoms with E-state index in [-0.39, 0.29) is 0 Å². The molecule has 1 aromatic carbocycles. The first-order valence-corrected chi connectivity index (χ1v) is 7.48. The number of aromatic nitrogens is 3. The second kappa shape index (κ2) is 7.95. The van der Waals surface area contributed by atoms with Gasteiger partial charge in [-0.25, -0.2) is 10.1 Å². The number of hydrogen-bond acceptors (Lipinski definition) is 8. The molecule has 2 aromatic rings. The van der Waals surface area contributed by atoms with Crippen LogP contribution in [0.3, 0.4) is 0 Å². The molecule has 0 radical (unpaired) electrons. The highest BCUT2D eigenvalue weighted by Gasteiger charge is 2.09.